The van der Waals surface area contributed by atoms with Gasteiger partial charge in [0.2, 0.25) is 0 Å². The second-order valence-electron chi connectivity index (χ2n) is 10.2. The predicted octanol–water partition coefficient (Wildman–Crippen LogP) is 4.30. The maximum absolute atomic E-state index is 15.1. The van der Waals surface area contributed by atoms with Crippen LogP contribution in [-0.2, 0) is 11.2 Å². The molecule has 0 fully saturated rings. The van der Waals surface area contributed by atoms with Crippen molar-refractivity contribution in [2.24, 2.45) is 5.73 Å². The summed E-state index contributed by atoms with van der Waals surface area (Å²) in [5.74, 6) is -4.96. The normalized spacial score (nSPS) is 14.0. The van der Waals surface area contributed by atoms with E-state index in [1.807, 2.05) is 0 Å². The van der Waals surface area contributed by atoms with Crippen molar-refractivity contribution < 1.29 is 32.9 Å². The molecule has 3 rings (SSSR count). The Morgan fingerprint density at radius 3 is 2.25 bits per heavy atom. The average Bonchev–Trinajstić information content (AvgIpc) is 2.86. The number of nitrogens with two attached hydrogens (primary N) is 2. The highest BCUT2D eigenvalue weighted by molar-refractivity contribution is 5.96. The van der Waals surface area contributed by atoms with Crippen molar-refractivity contribution >= 4 is 17.7 Å². The van der Waals surface area contributed by atoms with Crippen LogP contribution in [0.5, 0.6) is 5.75 Å². The number of benzene rings is 2. The number of nitrogens with one attached hydrogen (secondary N) is 1. The van der Waals surface area contributed by atoms with Crippen molar-refractivity contribution in [1.29, 1.82) is 0 Å². The summed E-state index contributed by atoms with van der Waals surface area (Å²) in [5, 5.41) is 24.4. The van der Waals surface area contributed by atoms with Crippen LogP contribution < -0.4 is 21.5 Å². The highest BCUT2D eigenvalue weighted by Gasteiger charge is 2.52. The zero-order valence-electron chi connectivity index (χ0n) is 22.8. The third-order valence-corrected chi connectivity index (χ3v) is 6.37. The zero-order chi connectivity index (χ0) is 30.0. The number of pyridine rings is 1. The smallest absolute Gasteiger partial charge is 0.280 e. The van der Waals surface area contributed by atoms with E-state index >= 15 is 8.78 Å². The molecule has 1 atom stereocenters. The van der Waals surface area contributed by atoms with Crippen molar-refractivity contribution in [1.82, 2.24) is 10.3 Å². The molecule has 0 aliphatic rings. The van der Waals surface area contributed by atoms with Gasteiger partial charge in [-0.2, -0.15) is 0 Å². The number of halogens is 3. The fraction of sp³-hybridized carbons (Fsp3) is 0.310. The van der Waals surface area contributed by atoms with Crippen molar-refractivity contribution in [3.63, 3.8) is 0 Å². The van der Waals surface area contributed by atoms with Gasteiger partial charge < -0.3 is 31.7 Å². The Labute approximate surface area is 230 Å². The van der Waals surface area contributed by atoms with Crippen LogP contribution >= 0.6 is 0 Å². The molecule has 8 nitrogen and oxygen atoms in total. The minimum absolute atomic E-state index is 0.0190. The first kappa shape index (κ1) is 30.5. The van der Waals surface area contributed by atoms with Crippen molar-refractivity contribution in [3.05, 3.63) is 82.4 Å². The minimum atomic E-state index is -3.81. The largest absolute Gasteiger partial charge is 0.495 e. The molecule has 1 aromatic heterocycles. The molecular weight excluding hydrogens is 525 g/mol. The highest BCUT2D eigenvalue weighted by Crippen LogP contribution is 2.39. The van der Waals surface area contributed by atoms with Gasteiger partial charge in [-0.3, -0.25) is 4.79 Å². The first-order valence-electron chi connectivity index (χ1n) is 12.3. The molecule has 11 heteroatoms. The van der Waals surface area contributed by atoms with Gasteiger partial charge in [0.25, 0.3) is 11.8 Å². The number of nitrogen functional groups attached to an aromatic ring is 1. The van der Waals surface area contributed by atoms with E-state index in [2.05, 4.69) is 10.3 Å². The summed E-state index contributed by atoms with van der Waals surface area (Å²) in [6.45, 7) is 4.05. The molecule has 0 saturated heterocycles. The highest BCUT2D eigenvalue weighted by atomic mass is 19.3. The predicted molar refractivity (Wildman–Crippen MR) is 147 cm³/mol. The zero-order valence-corrected chi connectivity index (χ0v) is 22.8. The van der Waals surface area contributed by atoms with Gasteiger partial charge in [-0.25, -0.2) is 18.2 Å². The number of rotatable bonds is 9. The van der Waals surface area contributed by atoms with E-state index in [0.717, 1.165) is 6.07 Å². The number of methoxy groups -OCH3 is 1. The lowest BCUT2D eigenvalue weighted by Crippen LogP contribution is -2.52. The number of aromatic nitrogens is 1. The Morgan fingerprint density at radius 1 is 1.10 bits per heavy atom. The summed E-state index contributed by atoms with van der Waals surface area (Å²) < 4.78 is 48.9. The molecule has 0 aliphatic heterocycles. The maximum atomic E-state index is 15.1. The molecule has 0 bridgehead atoms. The van der Waals surface area contributed by atoms with Crippen LogP contribution in [0.1, 0.15) is 54.9 Å². The number of carbonyl (C=O) groups excluding carboxylic acids is 1. The number of hydrogen-bond donors (Lipinski definition) is 5. The standard InChI is InChI=1S/C29H33F3N4O4/c1-16(33)10-18-11-19(12-23(40-5)25(18)34)26(37)35-15-29(39,28(4,31)32)24-14-20(27(2,3)38)13-22(36-24)17-6-8-21(30)9-7-17/h6-14,38-39H,15,33-34H2,1-5H3,(H,35,37)/b16-10-. The van der Waals surface area contributed by atoms with Crippen LogP contribution in [0.15, 0.2) is 54.2 Å². The Morgan fingerprint density at radius 2 is 1.73 bits per heavy atom. The summed E-state index contributed by atoms with van der Waals surface area (Å²) >= 11 is 0. The molecule has 7 N–H and O–H groups in total. The second kappa shape index (κ2) is 11.2. The first-order chi connectivity index (χ1) is 18.5. The number of allylic oxidation sites excluding steroid dienone is 1. The van der Waals surface area contributed by atoms with Crippen LogP contribution in [0, 0.1) is 5.82 Å². The number of nitrogens with zero attached hydrogens (tertiary/aromatic N) is 1. The van der Waals surface area contributed by atoms with Crippen LogP contribution in [0.3, 0.4) is 0 Å². The summed E-state index contributed by atoms with van der Waals surface area (Å²) in [5.41, 5.74) is 8.46. The van der Waals surface area contributed by atoms with Gasteiger partial charge in [0, 0.05) is 29.3 Å². The molecule has 1 heterocycles. The topological polar surface area (TPSA) is 144 Å². The number of aliphatic hydroxyl groups is 2. The van der Waals surface area contributed by atoms with Gasteiger partial charge in [0.1, 0.15) is 11.6 Å². The molecule has 2 aromatic carbocycles. The second-order valence-corrected chi connectivity index (χ2v) is 10.2. The van der Waals surface area contributed by atoms with Gasteiger partial charge >= 0.3 is 0 Å². The van der Waals surface area contributed by atoms with Crippen LogP contribution in [0.4, 0.5) is 18.9 Å². The number of hydrogen-bond acceptors (Lipinski definition) is 7. The molecule has 3 aromatic rings. The summed E-state index contributed by atoms with van der Waals surface area (Å²) in [4.78, 5) is 17.4. The van der Waals surface area contributed by atoms with E-state index in [0.29, 0.717) is 23.7 Å². The Kier molecular flexibility index (Phi) is 8.51. The van der Waals surface area contributed by atoms with Gasteiger partial charge in [-0.1, -0.05) is 0 Å². The van der Waals surface area contributed by atoms with E-state index in [-0.39, 0.29) is 28.3 Å². The number of anilines is 1. The Bertz CT molecular complexity index is 1430. The lowest BCUT2D eigenvalue weighted by molar-refractivity contribution is -0.174. The molecule has 0 spiro atoms. The number of amides is 1. The molecule has 214 valence electrons. The Balaban J connectivity index is 2.08. The monoisotopic (exact) mass is 558 g/mol. The van der Waals surface area contributed by atoms with E-state index in [1.165, 1.54) is 69.5 Å². The SMILES string of the molecule is COc1cc(C(=O)NCC(O)(c2cc(C(C)(C)O)cc(-c3ccc(F)cc3)n2)C(C)(F)F)cc(/C=C(/C)N)c1N. The molecule has 40 heavy (non-hydrogen) atoms. The molecule has 1 unspecified atom stereocenters. The van der Waals surface area contributed by atoms with E-state index in [4.69, 9.17) is 16.2 Å². The van der Waals surface area contributed by atoms with Crippen LogP contribution in [0.2, 0.25) is 0 Å². The molecule has 0 radical (unpaired) electrons. The maximum Gasteiger partial charge on any atom is 0.280 e. The van der Waals surface area contributed by atoms with E-state index in [1.54, 1.807) is 6.92 Å². The number of alkyl halides is 2. The lowest BCUT2D eigenvalue weighted by atomic mass is 9.87. The van der Waals surface area contributed by atoms with Crippen LogP contribution in [0.25, 0.3) is 17.3 Å². The van der Waals surface area contributed by atoms with Crippen molar-refractivity contribution in [3.8, 4) is 17.0 Å². The summed E-state index contributed by atoms with van der Waals surface area (Å²) in [6.07, 6.45) is 1.52. The van der Waals surface area contributed by atoms with Crippen molar-refractivity contribution in [2.45, 2.75) is 44.8 Å². The van der Waals surface area contributed by atoms with Crippen molar-refractivity contribution in [2.75, 3.05) is 19.4 Å². The average molecular weight is 559 g/mol. The quantitative estimate of drug-likeness (QED) is 0.246. The van der Waals surface area contributed by atoms with E-state index in [9.17, 15) is 19.4 Å². The molecule has 1 amide bonds. The minimum Gasteiger partial charge on any atom is -0.495 e. The fourth-order valence-corrected chi connectivity index (χ4v) is 3.96. The van der Waals surface area contributed by atoms with Gasteiger partial charge in [0.05, 0.1) is 36.3 Å². The van der Waals surface area contributed by atoms with Gasteiger partial charge in [-0.15, -0.1) is 0 Å². The number of carbonyl (C=O) groups is 1. The van der Waals surface area contributed by atoms with E-state index < -0.39 is 41.1 Å². The molecule has 0 aliphatic carbocycles. The summed E-state index contributed by atoms with van der Waals surface area (Å²) in [6, 6.07) is 10.5. The van der Waals surface area contributed by atoms with Gasteiger partial charge in [-0.05, 0) is 80.9 Å². The third-order valence-electron chi connectivity index (χ3n) is 6.37. The Hall–Kier alpha value is -4.09. The fourth-order valence-electron chi connectivity index (χ4n) is 3.96. The van der Waals surface area contributed by atoms with Crippen LogP contribution in [-0.4, -0.2) is 40.7 Å². The molecule has 0 saturated carbocycles. The first-order valence-corrected chi connectivity index (χ1v) is 12.3. The lowest BCUT2D eigenvalue weighted by Gasteiger charge is -2.34. The van der Waals surface area contributed by atoms with Gasteiger partial charge in [0.15, 0.2) is 5.60 Å². The third kappa shape index (κ3) is 6.54. The number of ether oxygens (including phenoxy) is 1. The molecular formula is C29H33F3N4O4. The summed E-state index contributed by atoms with van der Waals surface area (Å²) in [7, 11) is 1.35.